The summed E-state index contributed by atoms with van der Waals surface area (Å²) in [6.45, 7) is 2.77. The minimum absolute atomic E-state index is 0.101. The lowest BCUT2D eigenvalue weighted by atomic mass is 10.1. The van der Waals surface area contributed by atoms with Crippen molar-refractivity contribution in [3.8, 4) is 5.75 Å². The molecule has 1 aliphatic rings. The molecular weight excluding hydrogens is 292 g/mol. The Kier molecular flexibility index (Phi) is 4.32. The first-order valence-corrected chi connectivity index (χ1v) is 7.64. The van der Waals surface area contributed by atoms with E-state index in [0.717, 1.165) is 24.5 Å². The molecule has 0 saturated carbocycles. The molecule has 3 N–H and O–H groups in total. The van der Waals surface area contributed by atoms with Crippen LogP contribution >= 0.6 is 0 Å². The molecule has 6 heteroatoms. The molecule has 2 aromatic rings. The molecule has 6 nitrogen and oxygen atoms in total. The number of phenols is 1. The Balaban J connectivity index is 1.57. The van der Waals surface area contributed by atoms with Crippen LogP contribution in [0.2, 0.25) is 0 Å². The highest BCUT2D eigenvalue weighted by atomic mass is 16.3. The second kappa shape index (κ2) is 6.56. The molecule has 0 radical (unpaired) electrons. The highest BCUT2D eigenvalue weighted by molar-refractivity contribution is 5.79. The Morgan fingerprint density at radius 3 is 2.48 bits per heavy atom. The summed E-state index contributed by atoms with van der Waals surface area (Å²) in [6.07, 6.45) is 2.08. The molecule has 120 valence electrons. The number of piperazine rings is 1. The van der Waals surface area contributed by atoms with Gasteiger partial charge in [0.15, 0.2) is 5.82 Å². The van der Waals surface area contributed by atoms with Crippen LogP contribution in [-0.4, -0.2) is 47.1 Å². The molecule has 3 rings (SSSR count). The minimum atomic E-state index is 0.101. The number of hydrogen-bond donors (Lipinski definition) is 2. The Hall–Kier alpha value is -2.76. The molecule has 0 bridgehead atoms. The van der Waals surface area contributed by atoms with Crippen molar-refractivity contribution >= 4 is 17.4 Å². The molecule has 1 fully saturated rings. The molecule has 0 atom stereocenters. The number of nitrogens with two attached hydrogens (primary N) is 1. The van der Waals surface area contributed by atoms with Gasteiger partial charge in [-0.25, -0.2) is 4.98 Å². The number of phenolic OH excluding ortho intramolecular Hbond substituents is 1. The second-order valence-electron chi connectivity index (χ2n) is 5.63. The molecular formula is C17H20N4O2. The molecule has 2 heterocycles. The average molecular weight is 312 g/mol. The van der Waals surface area contributed by atoms with Gasteiger partial charge in [0.05, 0.1) is 12.1 Å². The smallest absolute Gasteiger partial charge is 0.227 e. The van der Waals surface area contributed by atoms with Crippen LogP contribution in [0.3, 0.4) is 0 Å². The van der Waals surface area contributed by atoms with Crippen LogP contribution in [0, 0.1) is 0 Å². The van der Waals surface area contributed by atoms with Crippen LogP contribution < -0.4 is 10.6 Å². The lowest BCUT2D eigenvalue weighted by Crippen LogP contribution is -2.49. The molecule has 1 saturated heterocycles. The fraction of sp³-hybridized carbons (Fsp3) is 0.294. The van der Waals surface area contributed by atoms with E-state index < -0.39 is 0 Å². The lowest BCUT2D eigenvalue weighted by Gasteiger charge is -2.35. The fourth-order valence-corrected chi connectivity index (χ4v) is 2.74. The molecule has 0 spiro atoms. The van der Waals surface area contributed by atoms with Crippen LogP contribution in [0.1, 0.15) is 5.56 Å². The summed E-state index contributed by atoms with van der Waals surface area (Å²) in [6, 6.07) is 10.4. The van der Waals surface area contributed by atoms with Crippen LogP contribution in [0.15, 0.2) is 42.6 Å². The van der Waals surface area contributed by atoms with Gasteiger partial charge in [-0.05, 0) is 29.8 Å². The maximum absolute atomic E-state index is 12.4. The van der Waals surface area contributed by atoms with Crippen LogP contribution in [-0.2, 0) is 11.2 Å². The Morgan fingerprint density at radius 1 is 1.13 bits per heavy atom. The highest BCUT2D eigenvalue weighted by Crippen LogP contribution is 2.20. The number of carbonyl (C=O) groups is 1. The number of benzene rings is 1. The number of amides is 1. The average Bonchev–Trinajstić information content (AvgIpc) is 2.57. The number of aromatic nitrogens is 1. The molecule has 0 aliphatic carbocycles. The van der Waals surface area contributed by atoms with Gasteiger partial charge in [-0.2, -0.15) is 0 Å². The highest BCUT2D eigenvalue weighted by Gasteiger charge is 2.22. The van der Waals surface area contributed by atoms with E-state index in [1.807, 2.05) is 17.0 Å². The summed E-state index contributed by atoms with van der Waals surface area (Å²) in [7, 11) is 0. The Bertz CT molecular complexity index is 679. The van der Waals surface area contributed by atoms with Gasteiger partial charge in [-0.1, -0.05) is 12.1 Å². The fourth-order valence-electron chi connectivity index (χ4n) is 2.74. The second-order valence-corrected chi connectivity index (χ2v) is 5.63. The topological polar surface area (TPSA) is 82.7 Å². The van der Waals surface area contributed by atoms with Gasteiger partial charge in [0.2, 0.25) is 5.91 Å². The third-order valence-corrected chi connectivity index (χ3v) is 4.04. The predicted octanol–water partition coefficient (Wildman–Crippen LogP) is 1.26. The number of rotatable bonds is 3. The van der Waals surface area contributed by atoms with Crippen molar-refractivity contribution in [3.63, 3.8) is 0 Å². The van der Waals surface area contributed by atoms with Crippen molar-refractivity contribution in [1.82, 2.24) is 9.88 Å². The maximum atomic E-state index is 12.4. The normalized spacial score (nSPS) is 14.8. The third kappa shape index (κ3) is 3.53. The third-order valence-electron chi connectivity index (χ3n) is 4.04. The number of pyridine rings is 1. The molecule has 1 amide bonds. The van der Waals surface area contributed by atoms with E-state index in [0.29, 0.717) is 25.2 Å². The Morgan fingerprint density at radius 2 is 1.83 bits per heavy atom. The van der Waals surface area contributed by atoms with E-state index in [1.54, 1.807) is 30.5 Å². The van der Waals surface area contributed by atoms with Crippen molar-refractivity contribution < 1.29 is 9.90 Å². The molecule has 1 aromatic carbocycles. The van der Waals surface area contributed by atoms with E-state index in [9.17, 15) is 9.90 Å². The van der Waals surface area contributed by atoms with E-state index in [-0.39, 0.29) is 11.7 Å². The molecule has 1 aliphatic heterocycles. The number of carbonyl (C=O) groups excluding carboxylic acids is 1. The standard InChI is InChI=1S/C17H20N4O2/c18-15-2-1-7-19-17(15)21-10-8-20(9-11-21)16(23)12-13-3-5-14(22)6-4-13/h1-7,22H,8-12,18H2. The van der Waals surface area contributed by atoms with Crippen molar-refractivity contribution in [2.24, 2.45) is 0 Å². The van der Waals surface area contributed by atoms with Gasteiger partial charge in [-0.15, -0.1) is 0 Å². The van der Waals surface area contributed by atoms with Gasteiger partial charge in [-0.3, -0.25) is 4.79 Å². The zero-order valence-corrected chi connectivity index (χ0v) is 12.9. The van der Waals surface area contributed by atoms with E-state index in [4.69, 9.17) is 5.73 Å². The first kappa shape index (κ1) is 15.1. The summed E-state index contributed by atoms with van der Waals surface area (Å²) in [4.78, 5) is 20.7. The van der Waals surface area contributed by atoms with E-state index >= 15 is 0 Å². The predicted molar refractivity (Wildman–Crippen MR) is 89.3 cm³/mol. The number of aromatic hydroxyl groups is 1. The minimum Gasteiger partial charge on any atom is -0.508 e. The van der Waals surface area contributed by atoms with Gasteiger partial charge in [0.25, 0.3) is 0 Å². The van der Waals surface area contributed by atoms with Crippen LogP contribution in [0.25, 0.3) is 0 Å². The van der Waals surface area contributed by atoms with Crippen molar-refractivity contribution in [2.45, 2.75) is 6.42 Å². The summed E-state index contributed by atoms with van der Waals surface area (Å²) in [5.41, 5.74) is 7.53. The molecule has 0 unspecified atom stereocenters. The van der Waals surface area contributed by atoms with Crippen LogP contribution in [0.4, 0.5) is 11.5 Å². The SMILES string of the molecule is Nc1cccnc1N1CCN(C(=O)Cc2ccc(O)cc2)CC1. The maximum Gasteiger partial charge on any atom is 0.227 e. The van der Waals surface area contributed by atoms with Crippen molar-refractivity contribution in [3.05, 3.63) is 48.2 Å². The van der Waals surface area contributed by atoms with Crippen molar-refractivity contribution in [2.75, 3.05) is 36.8 Å². The summed E-state index contributed by atoms with van der Waals surface area (Å²) >= 11 is 0. The summed E-state index contributed by atoms with van der Waals surface area (Å²) in [5, 5.41) is 9.28. The number of nitrogen functional groups attached to an aromatic ring is 1. The molecule has 1 aromatic heterocycles. The summed E-state index contributed by atoms with van der Waals surface area (Å²) in [5.74, 6) is 1.10. The van der Waals surface area contributed by atoms with Crippen molar-refractivity contribution in [1.29, 1.82) is 0 Å². The van der Waals surface area contributed by atoms with Gasteiger partial charge in [0, 0.05) is 32.4 Å². The first-order valence-electron chi connectivity index (χ1n) is 7.64. The number of hydrogen-bond acceptors (Lipinski definition) is 5. The van der Waals surface area contributed by atoms with E-state index in [1.165, 1.54) is 0 Å². The largest absolute Gasteiger partial charge is 0.508 e. The monoisotopic (exact) mass is 312 g/mol. The van der Waals surface area contributed by atoms with Crippen LogP contribution in [0.5, 0.6) is 5.75 Å². The van der Waals surface area contributed by atoms with Gasteiger partial charge in [0.1, 0.15) is 5.75 Å². The number of nitrogens with zero attached hydrogens (tertiary/aromatic N) is 3. The zero-order chi connectivity index (χ0) is 16.2. The zero-order valence-electron chi connectivity index (χ0n) is 12.9. The first-order chi connectivity index (χ1) is 11.1. The summed E-state index contributed by atoms with van der Waals surface area (Å²) < 4.78 is 0. The Labute approximate surface area is 135 Å². The van der Waals surface area contributed by atoms with Gasteiger partial charge >= 0.3 is 0 Å². The quantitative estimate of drug-likeness (QED) is 0.891. The number of anilines is 2. The molecule has 23 heavy (non-hydrogen) atoms. The lowest BCUT2D eigenvalue weighted by molar-refractivity contribution is -0.130. The van der Waals surface area contributed by atoms with E-state index in [2.05, 4.69) is 9.88 Å². The van der Waals surface area contributed by atoms with Gasteiger partial charge < -0.3 is 20.6 Å².